The van der Waals surface area contributed by atoms with Gasteiger partial charge in [0, 0.05) is 17.0 Å². The lowest BCUT2D eigenvalue weighted by Gasteiger charge is -1.95. The molecule has 0 radical (unpaired) electrons. The van der Waals surface area contributed by atoms with Crippen LogP contribution in [0.4, 0.5) is 5.69 Å². The first-order valence-corrected chi connectivity index (χ1v) is 4.69. The standard InChI is InChI=1S/C7H6ClNO2S/c8-5-12-7-3-1-6(2-4-7)9(10)11/h1-4H,5H2. The van der Waals surface area contributed by atoms with E-state index in [0.717, 1.165) is 4.90 Å². The summed E-state index contributed by atoms with van der Waals surface area (Å²) in [5.74, 6) is 0. The molecule has 0 saturated heterocycles. The third-order valence-corrected chi connectivity index (χ3v) is 2.31. The van der Waals surface area contributed by atoms with Gasteiger partial charge < -0.3 is 0 Å². The average Bonchev–Trinajstić information content (AvgIpc) is 2.06. The van der Waals surface area contributed by atoms with Crippen LogP contribution < -0.4 is 0 Å². The molecule has 0 saturated carbocycles. The van der Waals surface area contributed by atoms with Crippen molar-refractivity contribution in [2.45, 2.75) is 4.90 Å². The van der Waals surface area contributed by atoms with E-state index in [1.807, 2.05) is 0 Å². The molecule has 0 heterocycles. The summed E-state index contributed by atoms with van der Waals surface area (Å²) < 4.78 is 0. The molecule has 0 spiro atoms. The second-order valence-corrected chi connectivity index (χ2v) is 3.64. The summed E-state index contributed by atoms with van der Waals surface area (Å²) in [6, 6.07) is 6.31. The van der Waals surface area contributed by atoms with Gasteiger partial charge in [-0.3, -0.25) is 10.1 Å². The van der Waals surface area contributed by atoms with Crippen molar-refractivity contribution in [3.63, 3.8) is 0 Å². The Kier molecular flexibility index (Phi) is 3.37. The van der Waals surface area contributed by atoms with E-state index in [1.165, 1.54) is 23.9 Å². The van der Waals surface area contributed by atoms with Gasteiger partial charge in [0.05, 0.1) is 10.1 Å². The Balaban J connectivity index is 2.78. The molecule has 0 N–H and O–H groups in total. The third kappa shape index (κ3) is 2.39. The van der Waals surface area contributed by atoms with Crippen molar-refractivity contribution < 1.29 is 4.92 Å². The van der Waals surface area contributed by atoms with Crippen LogP contribution in [0.1, 0.15) is 0 Å². The van der Waals surface area contributed by atoms with E-state index < -0.39 is 4.92 Å². The van der Waals surface area contributed by atoms with Gasteiger partial charge in [-0.25, -0.2) is 0 Å². The molecule has 0 aromatic heterocycles. The minimum atomic E-state index is -0.421. The number of nitro groups is 1. The lowest BCUT2D eigenvalue weighted by atomic mass is 10.3. The van der Waals surface area contributed by atoms with E-state index in [4.69, 9.17) is 11.6 Å². The number of nitro benzene ring substituents is 1. The number of non-ortho nitro benzene ring substituents is 1. The summed E-state index contributed by atoms with van der Waals surface area (Å²) in [5, 5.41) is 10.7. The zero-order valence-corrected chi connectivity index (χ0v) is 7.64. The van der Waals surface area contributed by atoms with E-state index in [-0.39, 0.29) is 5.69 Å². The van der Waals surface area contributed by atoms with E-state index in [2.05, 4.69) is 0 Å². The van der Waals surface area contributed by atoms with Crippen LogP contribution in [-0.4, -0.2) is 10.1 Å². The Morgan fingerprint density at radius 2 is 2.00 bits per heavy atom. The number of halogens is 1. The van der Waals surface area contributed by atoms with Gasteiger partial charge in [-0.15, -0.1) is 23.4 Å². The molecule has 0 atom stereocenters. The van der Waals surface area contributed by atoms with Crippen molar-refractivity contribution in [2.24, 2.45) is 0 Å². The zero-order chi connectivity index (χ0) is 8.97. The molecule has 0 amide bonds. The summed E-state index contributed by atoms with van der Waals surface area (Å²) in [7, 11) is 0. The molecule has 5 heteroatoms. The quantitative estimate of drug-likeness (QED) is 0.328. The van der Waals surface area contributed by atoms with Crippen molar-refractivity contribution in [1.82, 2.24) is 0 Å². The maximum Gasteiger partial charge on any atom is 0.269 e. The van der Waals surface area contributed by atoms with Crippen molar-refractivity contribution in [3.05, 3.63) is 34.4 Å². The van der Waals surface area contributed by atoms with Crippen LogP contribution in [0.15, 0.2) is 29.2 Å². The fourth-order valence-corrected chi connectivity index (χ4v) is 1.56. The van der Waals surface area contributed by atoms with Crippen LogP contribution >= 0.6 is 23.4 Å². The van der Waals surface area contributed by atoms with Gasteiger partial charge in [0.1, 0.15) is 0 Å². The van der Waals surface area contributed by atoms with Gasteiger partial charge in [-0.1, -0.05) is 0 Å². The summed E-state index contributed by atoms with van der Waals surface area (Å²) in [6.07, 6.45) is 0. The van der Waals surface area contributed by atoms with Gasteiger partial charge in [0.2, 0.25) is 0 Å². The zero-order valence-electron chi connectivity index (χ0n) is 6.07. The van der Waals surface area contributed by atoms with Crippen LogP contribution in [0.25, 0.3) is 0 Å². The van der Waals surface area contributed by atoms with Crippen LogP contribution in [0.3, 0.4) is 0 Å². The average molecular weight is 204 g/mol. The maximum atomic E-state index is 10.2. The van der Waals surface area contributed by atoms with Crippen molar-refractivity contribution in [1.29, 1.82) is 0 Å². The largest absolute Gasteiger partial charge is 0.269 e. The number of rotatable bonds is 3. The van der Waals surface area contributed by atoms with Gasteiger partial charge in [0.25, 0.3) is 5.69 Å². The monoisotopic (exact) mass is 203 g/mol. The van der Waals surface area contributed by atoms with Gasteiger partial charge >= 0.3 is 0 Å². The minimum Gasteiger partial charge on any atom is -0.258 e. The molecule has 0 aliphatic heterocycles. The molecule has 0 aliphatic carbocycles. The lowest BCUT2D eigenvalue weighted by molar-refractivity contribution is -0.384. The number of hydrogen-bond donors (Lipinski definition) is 0. The number of nitrogens with zero attached hydrogens (tertiary/aromatic N) is 1. The van der Waals surface area contributed by atoms with Crippen LogP contribution in [-0.2, 0) is 0 Å². The van der Waals surface area contributed by atoms with Gasteiger partial charge in [-0.2, -0.15) is 0 Å². The fraction of sp³-hybridized carbons (Fsp3) is 0.143. The number of alkyl halides is 1. The molecule has 3 nitrogen and oxygen atoms in total. The molecule has 12 heavy (non-hydrogen) atoms. The van der Waals surface area contributed by atoms with Gasteiger partial charge in [-0.05, 0) is 12.1 Å². The lowest BCUT2D eigenvalue weighted by Crippen LogP contribution is -1.86. The SMILES string of the molecule is O=[N+]([O-])c1ccc(SCCl)cc1. The topological polar surface area (TPSA) is 43.1 Å². The Morgan fingerprint density at radius 1 is 1.42 bits per heavy atom. The van der Waals surface area contributed by atoms with Crippen LogP contribution in [0.5, 0.6) is 0 Å². The molecule has 1 aromatic carbocycles. The molecule has 1 rings (SSSR count). The molecular formula is C7H6ClNO2S. The van der Waals surface area contributed by atoms with E-state index in [1.54, 1.807) is 12.1 Å². The Bertz CT molecular complexity index is 275. The first-order valence-electron chi connectivity index (χ1n) is 3.17. The van der Waals surface area contributed by atoms with Crippen molar-refractivity contribution in [3.8, 4) is 0 Å². The Hall–Kier alpha value is -0.740. The molecule has 64 valence electrons. The normalized spacial score (nSPS) is 9.75. The molecule has 0 aliphatic rings. The van der Waals surface area contributed by atoms with E-state index in [9.17, 15) is 10.1 Å². The smallest absolute Gasteiger partial charge is 0.258 e. The Morgan fingerprint density at radius 3 is 2.42 bits per heavy atom. The van der Waals surface area contributed by atoms with Crippen LogP contribution in [0.2, 0.25) is 0 Å². The summed E-state index contributed by atoms with van der Waals surface area (Å²) in [4.78, 5) is 10.8. The fourth-order valence-electron chi connectivity index (χ4n) is 0.727. The van der Waals surface area contributed by atoms with E-state index in [0.29, 0.717) is 5.21 Å². The highest BCUT2D eigenvalue weighted by molar-refractivity contribution is 8.00. The molecule has 0 unspecified atom stereocenters. The summed E-state index contributed by atoms with van der Waals surface area (Å²) >= 11 is 6.91. The Labute approximate surface area is 78.9 Å². The highest BCUT2D eigenvalue weighted by Gasteiger charge is 2.02. The predicted octanol–water partition coefficient (Wildman–Crippen LogP) is 2.88. The molecule has 1 aromatic rings. The first-order chi connectivity index (χ1) is 5.74. The number of hydrogen-bond acceptors (Lipinski definition) is 3. The molecule has 0 bridgehead atoms. The summed E-state index contributed by atoms with van der Waals surface area (Å²) in [5.41, 5.74) is 0.105. The second kappa shape index (κ2) is 4.33. The first kappa shape index (κ1) is 9.35. The highest BCUT2D eigenvalue weighted by Crippen LogP contribution is 2.21. The van der Waals surface area contributed by atoms with Gasteiger partial charge in [0.15, 0.2) is 0 Å². The number of thioether (sulfide) groups is 1. The van der Waals surface area contributed by atoms with Crippen LogP contribution in [0, 0.1) is 10.1 Å². The second-order valence-electron chi connectivity index (χ2n) is 2.00. The number of benzene rings is 1. The molecular weight excluding hydrogens is 198 g/mol. The minimum absolute atomic E-state index is 0.105. The highest BCUT2D eigenvalue weighted by atomic mass is 35.5. The van der Waals surface area contributed by atoms with Crippen molar-refractivity contribution in [2.75, 3.05) is 5.21 Å². The maximum absolute atomic E-state index is 10.2. The molecule has 0 fully saturated rings. The summed E-state index contributed by atoms with van der Waals surface area (Å²) in [6.45, 7) is 0. The third-order valence-electron chi connectivity index (χ3n) is 1.27. The van der Waals surface area contributed by atoms with E-state index >= 15 is 0 Å². The predicted molar refractivity (Wildman–Crippen MR) is 49.7 cm³/mol. The van der Waals surface area contributed by atoms with Crippen molar-refractivity contribution >= 4 is 29.1 Å².